The lowest BCUT2D eigenvalue weighted by atomic mass is 10.5. The van der Waals surface area contributed by atoms with Crippen molar-refractivity contribution in [3.05, 3.63) is 0 Å². The van der Waals surface area contributed by atoms with Crippen LogP contribution in [0.2, 0.25) is 0 Å². The maximum Gasteiger partial charge on any atom is 0.471 e. The Hall–Kier alpha value is -0.990. The minimum Gasteiger partial charge on any atom is -0.347 e. The molecule has 90 valence electrons. The molecule has 0 rings (SSSR count). The first kappa shape index (κ1) is 14.0. The minimum atomic E-state index is -5.01. The molecule has 0 aliphatic heterocycles. The van der Waals surface area contributed by atoms with E-state index in [1.165, 1.54) is 5.32 Å². The van der Waals surface area contributed by atoms with Gasteiger partial charge in [-0.25, -0.2) is 0 Å². The molecule has 0 aromatic heterocycles. The Bertz CT molecular complexity index is 211. The van der Waals surface area contributed by atoms with Gasteiger partial charge in [-0.15, -0.1) is 0 Å². The number of nitrogens with one attached hydrogen (secondary N) is 2. The topological polar surface area (TPSA) is 41.1 Å². The highest BCUT2D eigenvalue weighted by atomic mass is 19.4. The lowest BCUT2D eigenvalue weighted by Gasteiger charge is -2.09. The number of hydrogen-bond acceptors (Lipinski definition) is 2. The molecule has 0 aromatic carbocycles. The van der Waals surface area contributed by atoms with E-state index in [1.54, 1.807) is 0 Å². The second-order valence-electron chi connectivity index (χ2n) is 2.55. The van der Waals surface area contributed by atoms with Crippen molar-refractivity contribution in [1.29, 1.82) is 0 Å². The van der Waals surface area contributed by atoms with Gasteiger partial charge in [0.15, 0.2) is 0 Å². The summed E-state index contributed by atoms with van der Waals surface area (Å²) in [5.74, 6) is -2.17. The van der Waals surface area contributed by atoms with Crippen LogP contribution in [0.3, 0.4) is 0 Å². The molecule has 0 radical (unpaired) electrons. The van der Waals surface area contributed by atoms with Gasteiger partial charge in [0.2, 0.25) is 0 Å². The number of amides is 1. The van der Waals surface area contributed by atoms with Gasteiger partial charge in [-0.2, -0.15) is 26.3 Å². The van der Waals surface area contributed by atoms with Crippen LogP contribution in [0, 0.1) is 0 Å². The summed E-state index contributed by atoms with van der Waals surface area (Å²) in [6.07, 6.45) is -9.43. The molecular weight excluding hydrogens is 230 g/mol. The molecule has 0 atom stereocenters. The van der Waals surface area contributed by atoms with Gasteiger partial charge in [-0.05, 0) is 0 Å². The smallest absolute Gasteiger partial charge is 0.347 e. The summed E-state index contributed by atoms with van der Waals surface area (Å²) < 4.78 is 69.1. The van der Waals surface area contributed by atoms with Crippen molar-refractivity contribution in [1.82, 2.24) is 10.6 Å². The van der Waals surface area contributed by atoms with Gasteiger partial charge in [0.25, 0.3) is 0 Å². The summed E-state index contributed by atoms with van der Waals surface area (Å²) in [5, 5.41) is 3.24. The van der Waals surface area contributed by atoms with Gasteiger partial charge in [0.05, 0.1) is 6.54 Å². The number of alkyl halides is 6. The van der Waals surface area contributed by atoms with E-state index in [2.05, 4.69) is 0 Å². The summed E-state index contributed by atoms with van der Waals surface area (Å²) >= 11 is 0. The summed E-state index contributed by atoms with van der Waals surface area (Å²) in [4.78, 5) is 10.1. The van der Waals surface area contributed by atoms with Crippen molar-refractivity contribution < 1.29 is 31.1 Å². The van der Waals surface area contributed by atoms with Crippen LogP contribution in [-0.2, 0) is 4.79 Å². The maximum atomic E-state index is 11.5. The van der Waals surface area contributed by atoms with Gasteiger partial charge in [0.1, 0.15) is 0 Å². The number of carbonyl (C=O) groups excluding carboxylic acids is 1. The molecule has 0 aliphatic carbocycles. The molecule has 2 N–H and O–H groups in total. The predicted molar refractivity (Wildman–Crippen MR) is 38.0 cm³/mol. The highest BCUT2D eigenvalue weighted by Gasteiger charge is 2.38. The molecule has 0 spiro atoms. The van der Waals surface area contributed by atoms with E-state index >= 15 is 0 Å². The van der Waals surface area contributed by atoms with E-state index in [-0.39, 0.29) is 6.54 Å². The van der Waals surface area contributed by atoms with Crippen LogP contribution in [-0.4, -0.2) is 37.9 Å². The Morgan fingerprint density at radius 2 is 1.53 bits per heavy atom. The van der Waals surface area contributed by atoms with Gasteiger partial charge in [0, 0.05) is 13.1 Å². The summed E-state index contributed by atoms with van der Waals surface area (Å²) in [7, 11) is 0. The van der Waals surface area contributed by atoms with E-state index < -0.39 is 31.3 Å². The van der Waals surface area contributed by atoms with E-state index in [1.807, 2.05) is 5.32 Å². The van der Waals surface area contributed by atoms with Crippen molar-refractivity contribution in [2.75, 3.05) is 19.6 Å². The second kappa shape index (κ2) is 5.19. The molecular formula is C6H8F6N2O. The molecule has 3 nitrogen and oxygen atoms in total. The zero-order valence-electron chi connectivity index (χ0n) is 7.30. The molecule has 0 fully saturated rings. The number of hydrogen-bond donors (Lipinski definition) is 2. The monoisotopic (exact) mass is 238 g/mol. The van der Waals surface area contributed by atoms with Crippen LogP contribution in [0.25, 0.3) is 0 Å². The van der Waals surface area contributed by atoms with Gasteiger partial charge < -0.3 is 10.6 Å². The molecule has 0 heterocycles. The first-order valence-corrected chi connectivity index (χ1v) is 3.75. The first-order valence-electron chi connectivity index (χ1n) is 3.75. The molecule has 0 aromatic rings. The Morgan fingerprint density at radius 3 is 1.93 bits per heavy atom. The Morgan fingerprint density at radius 1 is 1.00 bits per heavy atom. The minimum absolute atomic E-state index is 0.388. The van der Waals surface area contributed by atoms with Gasteiger partial charge in [-0.3, -0.25) is 4.79 Å². The fourth-order valence-electron chi connectivity index (χ4n) is 0.595. The lowest BCUT2D eigenvalue weighted by Crippen LogP contribution is -2.41. The van der Waals surface area contributed by atoms with Crippen molar-refractivity contribution in [3.8, 4) is 0 Å². The Balaban J connectivity index is 3.53. The van der Waals surface area contributed by atoms with Crippen LogP contribution < -0.4 is 10.6 Å². The first-order chi connectivity index (χ1) is 6.63. The quantitative estimate of drug-likeness (QED) is 0.562. The number of halogens is 6. The lowest BCUT2D eigenvalue weighted by molar-refractivity contribution is -0.173. The predicted octanol–water partition coefficient (Wildman–Crippen LogP) is 0.817. The van der Waals surface area contributed by atoms with Crippen LogP contribution >= 0.6 is 0 Å². The fourth-order valence-corrected chi connectivity index (χ4v) is 0.595. The Kier molecular flexibility index (Phi) is 4.85. The van der Waals surface area contributed by atoms with Crippen molar-refractivity contribution in [2.24, 2.45) is 0 Å². The standard InChI is InChI=1S/C6H8F6N2O/c7-5(8,9)3-13-1-2-14-4(15)6(10,11)12/h13H,1-3H2,(H,14,15). The van der Waals surface area contributed by atoms with Gasteiger partial charge >= 0.3 is 18.3 Å². The maximum absolute atomic E-state index is 11.5. The van der Waals surface area contributed by atoms with Crippen LogP contribution in [0.5, 0.6) is 0 Å². The average Bonchev–Trinajstić information content (AvgIpc) is 1.99. The second-order valence-corrected chi connectivity index (χ2v) is 2.55. The molecule has 0 saturated heterocycles. The molecule has 0 bridgehead atoms. The van der Waals surface area contributed by atoms with Crippen molar-refractivity contribution >= 4 is 5.91 Å². The zero-order valence-corrected chi connectivity index (χ0v) is 7.30. The number of carbonyl (C=O) groups is 1. The average molecular weight is 238 g/mol. The van der Waals surface area contributed by atoms with Crippen molar-refractivity contribution in [3.63, 3.8) is 0 Å². The molecule has 1 amide bonds. The third-order valence-electron chi connectivity index (χ3n) is 1.17. The summed E-state index contributed by atoms with van der Waals surface area (Å²) in [6, 6.07) is 0. The fraction of sp³-hybridized carbons (Fsp3) is 0.833. The van der Waals surface area contributed by atoms with E-state index in [0.717, 1.165) is 0 Å². The van der Waals surface area contributed by atoms with Crippen LogP contribution in [0.4, 0.5) is 26.3 Å². The molecule has 0 aliphatic rings. The SMILES string of the molecule is O=C(NCCNCC(F)(F)F)C(F)(F)F. The van der Waals surface area contributed by atoms with E-state index in [9.17, 15) is 31.1 Å². The third kappa shape index (κ3) is 8.03. The third-order valence-corrected chi connectivity index (χ3v) is 1.17. The highest BCUT2D eigenvalue weighted by Crippen LogP contribution is 2.13. The highest BCUT2D eigenvalue weighted by molar-refractivity contribution is 5.81. The van der Waals surface area contributed by atoms with E-state index in [0.29, 0.717) is 0 Å². The van der Waals surface area contributed by atoms with Crippen LogP contribution in [0.15, 0.2) is 0 Å². The molecule has 9 heteroatoms. The van der Waals surface area contributed by atoms with Gasteiger partial charge in [-0.1, -0.05) is 0 Å². The zero-order chi connectivity index (χ0) is 12.1. The molecule has 0 unspecified atom stereocenters. The normalized spacial score (nSPS) is 12.7. The van der Waals surface area contributed by atoms with E-state index in [4.69, 9.17) is 0 Å². The largest absolute Gasteiger partial charge is 0.471 e. The summed E-state index contributed by atoms with van der Waals surface area (Å²) in [6.45, 7) is -2.22. The molecule has 0 saturated carbocycles. The molecule has 15 heavy (non-hydrogen) atoms. The Labute approximate surface area is 80.8 Å². The summed E-state index contributed by atoms with van der Waals surface area (Å²) in [5.41, 5.74) is 0. The van der Waals surface area contributed by atoms with Crippen LogP contribution in [0.1, 0.15) is 0 Å². The number of rotatable bonds is 4. The van der Waals surface area contributed by atoms with Crippen molar-refractivity contribution in [2.45, 2.75) is 12.4 Å².